The predicted molar refractivity (Wildman–Crippen MR) is 84.6 cm³/mol. The van der Waals surface area contributed by atoms with Gasteiger partial charge in [-0.15, -0.1) is 0 Å². The molecule has 0 aliphatic rings. The summed E-state index contributed by atoms with van der Waals surface area (Å²) in [5, 5.41) is 0. The van der Waals surface area contributed by atoms with Crippen LogP contribution in [0.3, 0.4) is 0 Å². The third-order valence-corrected chi connectivity index (χ3v) is 3.81. The summed E-state index contributed by atoms with van der Waals surface area (Å²) in [6.07, 6.45) is -3.08. The minimum atomic E-state index is -4.46. The van der Waals surface area contributed by atoms with Gasteiger partial charge < -0.3 is 5.73 Å². The number of primary amides is 1. The second-order valence-corrected chi connectivity index (χ2v) is 5.54. The molecule has 0 saturated heterocycles. The van der Waals surface area contributed by atoms with Gasteiger partial charge in [-0.1, -0.05) is 12.1 Å². The van der Waals surface area contributed by atoms with Crippen molar-refractivity contribution < 1.29 is 18.0 Å². The molecule has 0 atom stereocenters. The summed E-state index contributed by atoms with van der Waals surface area (Å²) in [4.78, 5) is 27.5. The molecule has 6 nitrogen and oxygen atoms in total. The van der Waals surface area contributed by atoms with E-state index >= 15 is 0 Å². The van der Waals surface area contributed by atoms with E-state index in [2.05, 4.69) is 4.98 Å². The van der Waals surface area contributed by atoms with Gasteiger partial charge in [0.25, 0.3) is 0 Å². The smallest absolute Gasteiger partial charge is 0.368 e. The molecule has 2 heterocycles. The summed E-state index contributed by atoms with van der Waals surface area (Å²) in [6, 6.07) is 6.30. The highest BCUT2D eigenvalue weighted by Crippen LogP contribution is 2.32. The standard InChI is InChI=1S/C16H13F3N4O2/c1-22-14-12(23(15(22)25)8-13(20)24)6-10(7-21-14)9-3-2-4-11(5-9)16(17,18)19/h2-7H,8H2,1H3,(H2,20,24). The number of hydrogen-bond donors (Lipinski definition) is 1. The fourth-order valence-electron chi connectivity index (χ4n) is 2.62. The van der Waals surface area contributed by atoms with Gasteiger partial charge in [-0.25, -0.2) is 9.78 Å². The van der Waals surface area contributed by atoms with Crippen molar-refractivity contribution in [3.8, 4) is 11.1 Å². The van der Waals surface area contributed by atoms with Crippen LogP contribution in [0.15, 0.2) is 41.3 Å². The van der Waals surface area contributed by atoms with Gasteiger partial charge >= 0.3 is 11.9 Å². The quantitative estimate of drug-likeness (QED) is 0.783. The van der Waals surface area contributed by atoms with E-state index in [1.54, 1.807) is 0 Å². The van der Waals surface area contributed by atoms with Gasteiger partial charge in [-0.3, -0.25) is 13.9 Å². The normalized spacial score (nSPS) is 11.8. The van der Waals surface area contributed by atoms with E-state index in [0.29, 0.717) is 22.3 Å². The van der Waals surface area contributed by atoms with Gasteiger partial charge in [0, 0.05) is 18.8 Å². The maximum Gasteiger partial charge on any atom is 0.416 e. The second-order valence-electron chi connectivity index (χ2n) is 5.54. The number of imidazole rings is 1. The molecule has 130 valence electrons. The number of fused-ring (bicyclic) bond motifs is 1. The van der Waals surface area contributed by atoms with Crippen molar-refractivity contribution in [3.63, 3.8) is 0 Å². The topological polar surface area (TPSA) is 82.9 Å². The molecule has 0 aliphatic carbocycles. The first-order valence-corrected chi connectivity index (χ1v) is 7.19. The molecule has 3 aromatic rings. The van der Waals surface area contributed by atoms with E-state index in [4.69, 9.17) is 5.73 Å². The summed E-state index contributed by atoms with van der Waals surface area (Å²) < 4.78 is 41.0. The lowest BCUT2D eigenvalue weighted by atomic mass is 10.0. The highest BCUT2D eigenvalue weighted by molar-refractivity contribution is 5.81. The monoisotopic (exact) mass is 350 g/mol. The number of benzene rings is 1. The van der Waals surface area contributed by atoms with Gasteiger partial charge in [-0.05, 0) is 23.8 Å². The largest absolute Gasteiger partial charge is 0.416 e. The van der Waals surface area contributed by atoms with Crippen molar-refractivity contribution in [1.82, 2.24) is 14.1 Å². The highest BCUT2D eigenvalue weighted by Gasteiger charge is 2.30. The fraction of sp³-hybridized carbons (Fsp3) is 0.188. The lowest BCUT2D eigenvalue weighted by Gasteiger charge is -2.09. The van der Waals surface area contributed by atoms with Crippen molar-refractivity contribution in [2.75, 3.05) is 0 Å². The number of carbonyl (C=O) groups excluding carboxylic acids is 1. The number of aromatic nitrogens is 3. The van der Waals surface area contributed by atoms with E-state index in [1.807, 2.05) is 0 Å². The van der Waals surface area contributed by atoms with Crippen LogP contribution < -0.4 is 11.4 Å². The Balaban J connectivity index is 2.19. The summed E-state index contributed by atoms with van der Waals surface area (Å²) in [7, 11) is 1.49. The Labute approximate surface area is 139 Å². The molecule has 9 heteroatoms. The Morgan fingerprint density at radius 2 is 1.96 bits per heavy atom. The molecule has 1 amide bonds. The number of nitrogens with two attached hydrogens (primary N) is 1. The van der Waals surface area contributed by atoms with Gasteiger partial charge in [-0.2, -0.15) is 13.2 Å². The van der Waals surface area contributed by atoms with Gasteiger partial charge in [0.15, 0.2) is 5.65 Å². The predicted octanol–water partition coefficient (Wildman–Crippen LogP) is 1.91. The molecule has 1 aromatic carbocycles. The van der Waals surface area contributed by atoms with E-state index in [-0.39, 0.29) is 6.54 Å². The lowest BCUT2D eigenvalue weighted by Crippen LogP contribution is -2.28. The first-order valence-electron chi connectivity index (χ1n) is 7.19. The molecular formula is C16H13F3N4O2. The maximum atomic E-state index is 12.9. The highest BCUT2D eigenvalue weighted by atomic mass is 19.4. The van der Waals surface area contributed by atoms with E-state index in [0.717, 1.165) is 16.7 Å². The zero-order valence-electron chi connectivity index (χ0n) is 13.0. The van der Waals surface area contributed by atoms with Gasteiger partial charge in [0.2, 0.25) is 5.91 Å². The Morgan fingerprint density at radius 3 is 2.60 bits per heavy atom. The minimum Gasteiger partial charge on any atom is -0.368 e. The summed E-state index contributed by atoms with van der Waals surface area (Å²) in [5.41, 5.74) is 5.21. The Kier molecular flexibility index (Phi) is 3.86. The van der Waals surface area contributed by atoms with Crippen LogP contribution in [0.4, 0.5) is 13.2 Å². The Bertz CT molecular complexity index is 1030. The molecule has 2 aromatic heterocycles. The number of nitrogens with zero attached hydrogens (tertiary/aromatic N) is 3. The van der Waals surface area contributed by atoms with E-state index in [9.17, 15) is 22.8 Å². The van der Waals surface area contributed by atoms with Crippen molar-refractivity contribution in [1.29, 1.82) is 0 Å². The number of alkyl halides is 3. The van der Waals surface area contributed by atoms with Crippen molar-refractivity contribution in [2.45, 2.75) is 12.7 Å². The molecule has 0 spiro atoms. The first kappa shape index (κ1) is 16.7. The molecule has 0 unspecified atom stereocenters. The lowest BCUT2D eigenvalue weighted by molar-refractivity contribution is -0.137. The zero-order valence-corrected chi connectivity index (χ0v) is 13.0. The molecule has 25 heavy (non-hydrogen) atoms. The van der Waals surface area contributed by atoms with Crippen molar-refractivity contribution in [2.24, 2.45) is 12.8 Å². The molecule has 0 bridgehead atoms. The molecule has 0 aliphatic heterocycles. The molecule has 3 rings (SSSR count). The third-order valence-electron chi connectivity index (χ3n) is 3.81. The van der Waals surface area contributed by atoms with E-state index in [1.165, 1.54) is 36.0 Å². The fourth-order valence-corrected chi connectivity index (χ4v) is 2.62. The number of hydrogen-bond acceptors (Lipinski definition) is 3. The summed E-state index contributed by atoms with van der Waals surface area (Å²) in [6.45, 7) is -0.343. The number of amides is 1. The SMILES string of the molecule is Cn1c(=O)n(CC(N)=O)c2cc(-c3cccc(C(F)(F)F)c3)cnc21. The van der Waals surface area contributed by atoms with Crippen molar-refractivity contribution >= 4 is 17.1 Å². The number of pyridine rings is 1. The number of rotatable bonds is 3. The number of aryl methyl sites for hydroxylation is 1. The van der Waals surface area contributed by atoms with E-state index < -0.39 is 23.3 Å². The summed E-state index contributed by atoms with van der Waals surface area (Å²) in [5.74, 6) is -0.709. The zero-order chi connectivity index (χ0) is 18.4. The molecule has 2 N–H and O–H groups in total. The van der Waals surface area contributed by atoms with Crippen LogP contribution in [0.1, 0.15) is 5.56 Å². The van der Waals surface area contributed by atoms with Crippen LogP contribution in [0.2, 0.25) is 0 Å². The van der Waals surface area contributed by atoms with Crippen LogP contribution in [0.25, 0.3) is 22.3 Å². The van der Waals surface area contributed by atoms with Gasteiger partial charge in [0.05, 0.1) is 11.1 Å². The van der Waals surface area contributed by atoms with Crippen LogP contribution >= 0.6 is 0 Å². The van der Waals surface area contributed by atoms with Crippen LogP contribution in [-0.4, -0.2) is 20.0 Å². The molecular weight excluding hydrogens is 337 g/mol. The Hall–Kier alpha value is -3.10. The van der Waals surface area contributed by atoms with Crippen molar-refractivity contribution in [3.05, 3.63) is 52.6 Å². The average Bonchev–Trinajstić information content (AvgIpc) is 2.78. The van der Waals surface area contributed by atoms with Crippen LogP contribution in [-0.2, 0) is 24.6 Å². The average molecular weight is 350 g/mol. The minimum absolute atomic E-state index is 0.297. The number of halogens is 3. The maximum absolute atomic E-state index is 12.9. The Morgan fingerprint density at radius 1 is 1.24 bits per heavy atom. The van der Waals surface area contributed by atoms with Crippen LogP contribution in [0, 0.1) is 0 Å². The molecule has 0 fully saturated rings. The third kappa shape index (κ3) is 3.00. The molecule has 0 saturated carbocycles. The first-order chi connectivity index (χ1) is 11.7. The molecule has 0 radical (unpaired) electrons. The summed E-state index contributed by atoms with van der Waals surface area (Å²) >= 11 is 0. The van der Waals surface area contributed by atoms with Gasteiger partial charge in [0.1, 0.15) is 6.54 Å². The van der Waals surface area contributed by atoms with Crippen LogP contribution in [0.5, 0.6) is 0 Å². The second kappa shape index (κ2) is 5.76. The number of carbonyl (C=O) groups is 1.